The number of aromatic nitrogens is 1. The van der Waals surface area contributed by atoms with Gasteiger partial charge in [-0.2, -0.15) is 4.31 Å². The lowest BCUT2D eigenvalue weighted by Crippen LogP contribution is -2.37. The third-order valence-electron chi connectivity index (χ3n) is 3.33. The molecule has 1 atom stereocenters. The summed E-state index contributed by atoms with van der Waals surface area (Å²) < 4.78 is 31.3. The topological polar surface area (TPSA) is 99.7 Å². The molecule has 7 nitrogen and oxygen atoms in total. The molecular formula is C12H18N2O5S. The molecular weight excluding hydrogens is 284 g/mol. The summed E-state index contributed by atoms with van der Waals surface area (Å²) in [6.45, 7) is 0.932. The molecule has 0 amide bonds. The third kappa shape index (κ3) is 3.20. The lowest BCUT2D eigenvalue weighted by atomic mass is 10.1. The number of rotatable bonds is 5. The predicted molar refractivity (Wildman–Crippen MR) is 71.2 cm³/mol. The lowest BCUT2D eigenvalue weighted by molar-refractivity contribution is 0.00858. The van der Waals surface area contributed by atoms with Crippen molar-refractivity contribution in [3.05, 3.63) is 18.0 Å². The van der Waals surface area contributed by atoms with Crippen LogP contribution in [0, 0.1) is 0 Å². The molecule has 20 heavy (non-hydrogen) atoms. The number of carboxylic acids is 1. The highest BCUT2D eigenvalue weighted by Gasteiger charge is 2.26. The summed E-state index contributed by atoms with van der Waals surface area (Å²) in [5.41, 5.74) is -0.147. The fourth-order valence-electron chi connectivity index (χ4n) is 2.16. The Morgan fingerprint density at radius 3 is 2.85 bits per heavy atom. The zero-order valence-corrected chi connectivity index (χ0v) is 12.0. The van der Waals surface area contributed by atoms with Crippen molar-refractivity contribution in [1.82, 2.24) is 9.29 Å². The zero-order chi connectivity index (χ0) is 14.8. The van der Waals surface area contributed by atoms with Gasteiger partial charge in [-0.05, 0) is 25.3 Å². The van der Waals surface area contributed by atoms with E-state index in [1.807, 2.05) is 0 Å². The van der Waals surface area contributed by atoms with Crippen LogP contribution in [0.2, 0.25) is 0 Å². The van der Waals surface area contributed by atoms with E-state index < -0.39 is 16.0 Å². The summed E-state index contributed by atoms with van der Waals surface area (Å²) in [6, 6.07) is 1.12. The predicted octanol–water partition coefficient (Wildman–Crippen LogP) is 0.903. The van der Waals surface area contributed by atoms with Crippen LogP contribution in [0.4, 0.5) is 0 Å². The molecule has 1 fully saturated rings. The van der Waals surface area contributed by atoms with Crippen molar-refractivity contribution in [3.63, 3.8) is 0 Å². The van der Waals surface area contributed by atoms with Gasteiger partial charge in [-0.1, -0.05) is 0 Å². The highest BCUT2D eigenvalue weighted by Crippen LogP contribution is 2.19. The molecule has 1 saturated heterocycles. The molecule has 112 valence electrons. The van der Waals surface area contributed by atoms with Crippen molar-refractivity contribution in [2.75, 3.05) is 20.2 Å². The Hall–Kier alpha value is -1.38. The van der Waals surface area contributed by atoms with Crippen molar-refractivity contribution >= 4 is 16.0 Å². The fraction of sp³-hybridized carbons (Fsp3) is 0.583. The largest absolute Gasteiger partial charge is 0.477 e. The molecule has 0 aromatic carbocycles. The van der Waals surface area contributed by atoms with Gasteiger partial charge in [0.05, 0.1) is 6.10 Å². The number of aromatic carboxylic acids is 1. The Morgan fingerprint density at radius 2 is 2.30 bits per heavy atom. The second-order valence-electron chi connectivity index (χ2n) is 4.83. The first-order valence-corrected chi connectivity index (χ1v) is 7.85. The number of aromatic amines is 1. The van der Waals surface area contributed by atoms with Gasteiger partial charge in [0.1, 0.15) is 10.6 Å². The zero-order valence-electron chi connectivity index (χ0n) is 11.2. The van der Waals surface area contributed by atoms with Gasteiger partial charge in [-0.15, -0.1) is 0 Å². The minimum atomic E-state index is -3.69. The van der Waals surface area contributed by atoms with Crippen molar-refractivity contribution in [2.24, 2.45) is 0 Å². The number of sulfonamides is 1. The van der Waals surface area contributed by atoms with Crippen molar-refractivity contribution < 1.29 is 23.1 Å². The maximum Gasteiger partial charge on any atom is 0.352 e. The molecule has 0 bridgehead atoms. The van der Waals surface area contributed by atoms with Gasteiger partial charge in [0.15, 0.2) is 0 Å². The van der Waals surface area contributed by atoms with E-state index in [0.29, 0.717) is 6.61 Å². The quantitative estimate of drug-likeness (QED) is 0.842. The van der Waals surface area contributed by atoms with Crippen molar-refractivity contribution in [2.45, 2.75) is 30.3 Å². The Morgan fingerprint density at radius 1 is 1.55 bits per heavy atom. The molecule has 0 spiro atoms. The summed E-state index contributed by atoms with van der Waals surface area (Å²) >= 11 is 0. The molecule has 2 heterocycles. The van der Waals surface area contributed by atoms with Crippen LogP contribution in [0.3, 0.4) is 0 Å². The average Bonchev–Trinajstić information content (AvgIpc) is 2.90. The molecule has 2 N–H and O–H groups in total. The van der Waals surface area contributed by atoms with Crippen LogP contribution in [0.25, 0.3) is 0 Å². The smallest absolute Gasteiger partial charge is 0.352 e. The second kappa shape index (κ2) is 5.94. The van der Waals surface area contributed by atoms with Gasteiger partial charge in [0, 0.05) is 26.4 Å². The van der Waals surface area contributed by atoms with Gasteiger partial charge in [0.25, 0.3) is 0 Å². The Balaban J connectivity index is 2.09. The Bertz CT molecular complexity index is 574. The van der Waals surface area contributed by atoms with Crippen molar-refractivity contribution in [1.29, 1.82) is 0 Å². The van der Waals surface area contributed by atoms with Crippen LogP contribution in [0.15, 0.2) is 17.2 Å². The molecule has 0 aliphatic carbocycles. The van der Waals surface area contributed by atoms with E-state index >= 15 is 0 Å². The maximum absolute atomic E-state index is 12.3. The van der Waals surface area contributed by atoms with E-state index in [1.165, 1.54) is 17.5 Å². The van der Waals surface area contributed by atoms with Gasteiger partial charge < -0.3 is 14.8 Å². The number of likely N-dealkylation sites (N-methyl/N-ethyl adjacent to an activating group) is 1. The van der Waals surface area contributed by atoms with Gasteiger partial charge >= 0.3 is 5.97 Å². The number of hydrogen-bond acceptors (Lipinski definition) is 4. The van der Waals surface area contributed by atoms with E-state index in [1.54, 1.807) is 0 Å². The van der Waals surface area contributed by atoms with E-state index in [4.69, 9.17) is 9.84 Å². The number of carbonyl (C=O) groups is 1. The maximum atomic E-state index is 12.3. The molecule has 1 unspecified atom stereocenters. The van der Waals surface area contributed by atoms with E-state index in [-0.39, 0.29) is 23.2 Å². The summed E-state index contributed by atoms with van der Waals surface area (Å²) in [4.78, 5) is 13.2. The summed E-state index contributed by atoms with van der Waals surface area (Å²) in [5.74, 6) is -1.19. The molecule has 0 radical (unpaired) electrons. The summed E-state index contributed by atoms with van der Waals surface area (Å²) in [6.07, 6.45) is 3.98. The number of hydrogen-bond donors (Lipinski definition) is 2. The lowest BCUT2D eigenvalue weighted by Gasteiger charge is -2.26. The van der Waals surface area contributed by atoms with E-state index in [0.717, 1.165) is 25.3 Å². The molecule has 1 aliphatic heterocycles. The standard InChI is InChI=1S/C12H18N2O5S/c1-14(8-9-4-2-3-5-19-9)20(17,18)10-6-11(12(15)16)13-7-10/h6-7,9,13H,2-5,8H2,1H3,(H,15,16). The minimum absolute atomic E-state index is 0.0480. The molecule has 0 saturated carbocycles. The first kappa shape index (κ1) is 15.0. The Kier molecular flexibility index (Phi) is 4.46. The average molecular weight is 302 g/mol. The third-order valence-corrected chi connectivity index (χ3v) is 5.13. The number of nitrogens with one attached hydrogen (secondary N) is 1. The van der Waals surface area contributed by atoms with Crippen molar-refractivity contribution in [3.8, 4) is 0 Å². The summed E-state index contributed by atoms with van der Waals surface area (Å²) in [7, 11) is -2.22. The Labute approximate surface area is 117 Å². The molecule has 8 heteroatoms. The number of carboxylic acid groups (broad SMARTS) is 1. The molecule has 1 aromatic rings. The van der Waals surface area contributed by atoms with Crippen LogP contribution in [0.1, 0.15) is 29.8 Å². The van der Waals surface area contributed by atoms with Gasteiger partial charge in [-0.3, -0.25) is 0 Å². The van der Waals surface area contributed by atoms with Crippen LogP contribution in [-0.4, -0.2) is 55.1 Å². The summed E-state index contributed by atoms with van der Waals surface area (Å²) in [5, 5.41) is 8.80. The highest BCUT2D eigenvalue weighted by molar-refractivity contribution is 7.89. The normalized spacial score (nSPS) is 20.2. The number of nitrogens with zero attached hydrogens (tertiary/aromatic N) is 1. The van der Waals surface area contributed by atoms with Crippen LogP contribution in [-0.2, 0) is 14.8 Å². The number of H-pyrrole nitrogens is 1. The van der Waals surface area contributed by atoms with Crippen LogP contribution >= 0.6 is 0 Å². The first-order valence-electron chi connectivity index (χ1n) is 6.41. The minimum Gasteiger partial charge on any atom is -0.477 e. The highest BCUT2D eigenvalue weighted by atomic mass is 32.2. The van der Waals surface area contributed by atoms with Gasteiger partial charge in [-0.25, -0.2) is 13.2 Å². The second-order valence-corrected chi connectivity index (χ2v) is 6.87. The van der Waals surface area contributed by atoms with E-state index in [2.05, 4.69) is 4.98 Å². The monoisotopic (exact) mass is 302 g/mol. The first-order chi connectivity index (χ1) is 9.41. The number of ether oxygens (including phenoxy) is 1. The van der Waals surface area contributed by atoms with Crippen LogP contribution < -0.4 is 0 Å². The van der Waals surface area contributed by atoms with E-state index in [9.17, 15) is 13.2 Å². The van der Waals surface area contributed by atoms with Gasteiger partial charge in [0.2, 0.25) is 10.0 Å². The van der Waals surface area contributed by atoms with Crippen LogP contribution in [0.5, 0.6) is 0 Å². The SMILES string of the molecule is CN(CC1CCCCO1)S(=O)(=O)c1c[nH]c(C(=O)O)c1. The molecule has 1 aromatic heterocycles. The fourth-order valence-corrected chi connectivity index (χ4v) is 3.36. The molecule has 2 rings (SSSR count). The molecule has 1 aliphatic rings.